The van der Waals surface area contributed by atoms with Crippen molar-refractivity contribution in [2.45, 2.75) is 28.5 Å². The average molecular weight is 840 g/mol. The Bertz CT molecular complexity index is 2390. The summed E-state index contributed by atoms with van der Waals surface area (Å²) >= 11 is 14.2. The number of imide groups is 2. The molecule has 6 unspecified atom stereocenters. The van der Waals surface area contributed by atoms with Crippen LogP contribution in [-0.2, 0) is 19.2 Å². The molecule has 15 nitrogen and oxygen atoms in total. The van der Waals surface area contributed by atoms with E-state index in [0.717, 1.165) is 30.2 Å². The van der Waals surface area contributed by atoms with Crippen molar-refractivity contribution in [1.29, 1.82) is 0 Å². The van der Waals surface area contributed by atoms with Crippen LogP contribution in [-0.4, -0.2) is 69.5 Å². The van der Waals surface area contributed by atoms with Gasteiger partial charge in [0.05, 0.1) is 34.5 Å². The van der Waals surface area contributed by atoms with Gasteiger partial charge in [0, 0.05) is 37.7 Å². The maximum Gasteiger partial charge on any atom is 0.301 e. The number of rotatable bonds is 7. The van der Waals surface area contributed by atoms with Crippen molar-refractivity contribution in [3.63, 3.8) is 0 Å². The molecule has 3 aromatic carbocycles. The number of nitro groups is 2. The Morgan fingerprint density at radius 2 is 1.42 bits per heavy atom. The number of amides is 4. The number of fused-ring (bicyclic) bond motifs is 4. The number of ether oxygens (including phenoxy) is 1. The molecule has 0 aromatic heterocycles. The number of anilines is 3. The van der Waals surface area contributed by atoms with Crippen LogP contribution < -0.4 is 19.4 Å². The van der Waals surface area contributed by atoms with Crippen molar-refractivity contribution in [1.82, 2.24) is 0 Å². The van der Waals surface area contributed by atoms with Crippen molar-refractivity contribution < 1.29 is 60.8 Å². The number of alkyl halides is 2. The first-order valence-electron chi connectivity index (χ1n) is 16.5. The Morgan fingerprint density at radius 1 is 0.860 bits per heavy atom. The van der Waals surface area contributed by atoms with E-state index in [9.17, 15) is 57.7 Å². The molecule has 2 aliphatic carbocycles. The molecule has 6 atom stereocenters. The topological polar surface area (TPSA) is 194 Å². The second-order valence-electron chi connectivity index (χ2n) is 13.8. The summed E-state index contributed by atoms with van der Waals surface area (Å²) in [4.78, 5) is 75.1. The van der Waals surface area contributed by atoms with Crippen molar-refractivity contribution in [2.24, 2.45) is 17.8 Å². The number of benzene rings is 3. The summed E-state index contributed by atoms with van der Waals surface area (Å²) in [6.07, 6.45) is 0.104. The van der Waals surface area contributed by atoms with E-state index in [4.69, 9.17) is 27.9 Å². The standard InChI is InChI=1S/C35H24Cl2F5N5O10/c1-43(2)28-16(46(53)54)9-12(10-17(28)47(55)56)44-30(49)14-8-7-13-15(20(14)31(44)50)11-34(36)32(51)45(29-26(41)24(39)23(38)25(40)27(29)42)33(52)35(34,37)22(13)21-18(48)5-4-6-19(21)57-3/h4-7,9-10,14-15,20,22,48H,8,11H2,1-3H3. The first kappa shape index (κ1) is 39.3. The van der Waals surface area contributed by atoms with Gasteiger partial charge in [-0.25, -0.2) is 31.8 Å². The largest absolute Gasteiger partial charge is 0.508 e. The van der Waals surface area contributed by atoms with Crippen LogP contribution in [0.5, 0.6) is 11.5 Å². The number of hydrogen-bond acceptors (Lipinski definition) is 11. The van der Waals surface area contributed by atoms with Gasteiger partial charge in [0.2, 0.25) is 17.6 Å². The number of nitrogens with zero attached hydrogens (tertiary/aromatic N) is 5. The highest BCUT2D eigenvalue weighted by atomic mass is 35.5. The Labute approximate surface area is 326 Å². The quantitative estimate of drug-likeness (QED) is 0.0445. The predicted octanol–water partition coefficient (Wildman–Crippen LogP) is 5.75. The molecule has 7 rings (SSSR count). The molecule has 0 radical (unpaired) electrons. The van der Waals surface area contributed by atoms with Crippen LogP contribution in [0.1, 0.15) is 24.3 Å². The molecule has 2 aliphatic heterocycles. The predicted molar refractivity (Wildman–Crippen MR) is 188 cm³/mol. The highest BCUT2D eigenvalue weighted by Crippen LogP contribution is 2.67. The third kappa shape index (κ3) is 5.08. The molecular weight excluding hydrogens is 816 g/mol. The molecule has 0 bridgehead atoms. The Hall–Kier alpha value is -5.89. The molecule has 2 heterocycles. The summed E-state index contributed by atoms with van der Waals surface area (Å²) in [5.74, 6) is -25.5. The van der Waals surface area contributed by atoms with Gasteiger partial charge in [-0.05, 0) is 30.9 Å². The molecule has 2 saturated heterocycles. The van der Waals surface area contributed by atoms with Crippen molar-refractivity contribution in [2.75, 3.05) is 35.9 Å². The highest BCUT2D eigenvalue weighted by Gasteiger charge is 2.77. The molecule has 1 N–H and O–H groups in total. The summed E-state index contributed by atoms with van der Waals surface area (Å²) in [5.41, 5.74) is -5.07. The fraction of sp³-hybridized carbons (Fsp3) is 0.314. The number of carbonyl (C=O) groups is 4. The van der Waals surface area contributed by atoms with Crippen LogP contribution in [0.25, 0.3) is 0 Å². The number of allylic oxidation sites excluding steroid dienone is 2. The van der Waals surface area contributed by atoms with E-state index in [0.29, 0.717) is 4.90 Å². The minimum Gasteiger partial charge on any atom is -0.508 e. The lowest BCUT2D eigenvalue weighted by Crippen LogP contribution is -2.60. The van der Waals surface area contributed by atoms with Gasteiger partial charge in [0.25, 0.3) is 11.8 Å². The van der Waals surface area contributed by atoms with E-state index in [1.807, 2.05) is 0 Å². The van der Waals surface area contributed by atoms with Crippen LogP contribution >= 0.6 is 23.2 Å². The lowest BCUT2D eigenvalue weighted by Gasteiger charge is -2.50. The highest BCUT2D eigenvalue weighted by molar-refractivity contribution is 6.58. The van der Waals surface area contributed by atoms with E-state index in [2.05, 4.69) is 0 Å². The van der Waals surface area contributed by atoms with Gasteiger partial charge in [-0.15, -0.1) is 23.2 Å². The van der Waals surface area contributed by atoms with Crippen LogP contribution in [0, 0.1) is 67.1 Å². The first-order valence-corrected chi connectivity index (χ1v) is 17.3. The number of aromatic hydroxyl groups is 1. The van der Waals surface area contributed by atoms with Gasteiger partial charge < -0.3 is 14.7 Å². The maximum absolute atomic E-state index is 15.3. The van der Waals surface area contributed by atoms with E-state index >= 15 is 8.78 Å². The van der Waals surface area contributed by atoms with Crippen LogP contribution in [0.3, 0.4) is 0 Å². The fourth-order valence-electron chi connectivity index (χ4n) is 8.59. The maximum atomic E-state index is 15.3. The van der Waals surface area contributed by atoms with E-state index in [-0.39, 0.29) is 28.2 Å². The molecule has 1 saturated carbocycles. The van der Waals surface area contributed by atoms with Gasteiger partial charge in [-0.2, -0.15) is 0 Å². The third-order valence-electron chi connectivity index (χ3n) is 10.9. The molecule has 3 fully saturated rings. The smallest absolute Gasteiger partial charge is 0.301 e. The Kier molecular flexibility index (Phi) is 9.03. The fourth-order valence-corrected chi connectivity index (χ4v) is 9.51. The summed E-state index contributed by atoms with van der Waals surface area (Å²) in [7, 11) is 3.73. The molecular formula is C35H24Cl2F5N5O10. The van der Waals surface area contributed by atoms with Crippen LogP contribution in [0.15, 0.2) is 42.0 Å². The Balaban J connectivity index is 1.44. The van der Waals surface area contributed by atoms with Gasteiger partial charge >= 0.3 is 11.4 Å². The average Bonchev–Trinajstić information content (AvgIpc) is 3.50. The van der Waals surface area contributed by atoms with E-state index in [1.54, 1.807) is 0 Å². The lowest BCUT2D eigenvalue weighted by atomic mass is 9.56. The SMILES string of the molecule is COc1cccc(O)c1C1C2=CCC3C(=O)N(c4cc([N+](=O)[O-])c(N(C)C)c([N+](=O)[O-])c4)C(=O)C3C2CC2(Cl)C(=O)N(c3c(F)c(F)c(F)c(F)c3F)C(=O)C12Cl. The zero-order chi connectivity index (χ0) is 42.0. The Morgan fingerprint density at radius 3 is 1.95 bits per heavy atom. The van der Waals surface area contributed by atoms with Gasteiger partial charge in [0.15, 0.2) is 38.7 Å². The summed E-state index contributed by atoms with van der Waals surface area (Å²) < 4.78 is 79.2. The molecule has 0 spiro atoms. The van der Waals surface area contributed by atoms with Crippen LogP contribution in [0.2, 0.25) is 0 Å². The van der Waals surface area contributed by atoms with Crippen molar-refractivity contribution in [3.05, 3.63) is 96.9 Å². The molecule has 298 valence electrons. The van der Waals surface area contributed by atoms with Crippen molar-refractivity contribution in [3.8, 4) is 11.5 Å². The van der Waals surface area contributed by atoms with Gasteiger partial charge in [0.1, 0.15) is 17.2 Å². The number of phenols is 1. The van der Waals surface area contributed by atoms with E-state index in [1.165, 1.54) is 32.3 Å². The van der Waals surface area contributed by atoms with Crippen molar-refractivity contribution >= 4 is 75.3 Å². The lowest BCUT2D eigenvalue weighted by molar-refractivity contribution is -0.392. The second kappa shape index (κ2) is 13.1. The van der Waals surface area contributed by atoms with E-state index < -0.39 is 137 Å². The summed E-state index contributed by atoms with van der Waals surface area (Å²) in [6, 6.07) is 5.27. The number of phenolic OH excluding ortho intramolecular Hbond substituents is 1. The molecule has 4 amide bonds. The minimum absolute atomic E-state index is 0.0364. The first-order chi connectivity index (χ1) is 26.7. The zero-order valence-corrected chi connectivity index (χ0v) is 30.7. The second-order valence-corrected chi connectivity index (χ2v) is 15.1. The monoisotopic (exact) mass is 839 g/mol. The van der Waals surface area contributed by atoms with Gasteiger partial charge in [-0.3, -0.25) is 39.4 Å². The van der Waals surface area contributed by atoms with Crippen LogP contribution in [0.4, 0.5) is 50.4 Å². The molecule has 57 heavy (non-hydrogen) atoms. The minimum atomic E-state index is -2.97. The summed E-state index contributed by atoms with van der Waals surface area (Å²) in [5, 5.41) is 35.5. The molecule has 3 aromatic rings. The van der Waals surface area contributed by atoms with Gasteiger partial charge in [-0.1, -0.05) is 17.7 Å². The zero-order valence-electron chi connectivity index (χ0n) is 29.2. The molecule has 22 heteroatoms. The normalized spacial score (nSPS) is 26.6. The number of carbonyl (C=O) groups excluding carboxylic acids is 4. The number of nitro benzene ring substituents is 2. The third-order valence-corrected chi connectivity index (χ3v) is 12.3. The number of hydrogen-bond donors (Lipinski definition) is 1. The molecule has 4 aliphatic rings. The number of methoxy groups -OCH3 is 1. The number of halogens is 7. The summed E-state index contributed by atoms with van der Waals surface area (Å²) in [6.45, 7) is 0.